The maximum Gasteiger partial charge on any atom is 0.281 e. The van der Waals surface area contributed by atoms with Gasteiger partial charge in [0.25, 0.3) is 5.91 Å². The minimum Gasteiger partial charge on any atom is -0.503 e. The van der Waals surface area contributed by atoms with Gasteiger partial charge in [0.1, 0.15) is 5.70 Å². The van der Waals surface area contributed by atoms with Crippen molar-refractivity contribution >= 4 is 46.6 Å². The number of benzene rings is 2. The summed E-state index contributed by atoms with van der Waals surface area (Å²) >= 11 is 11.4. The Kier molecular flexibility index (Phi) is 5.39. The molecule has 2 aromatic rings. The molecule has 5 nitrogen and oxygen atoms in total. The molecule has 27 heavy (non-hydrogen) atoms. The molecule has 2 aromatic carbocycles. The van der Waals surface area contributed by atoms with Gasteiger partial charge in [-0.2, -0.15) is 0 Å². The van der Waals surface area contributed by atoms with Gasteiger partial charge >= 0.3 is 0 Å². The average Bonchev–Trinajstić information content (AvgIpc) is 2.85. The van der Waals surface area contributed by atoms with Crippen molar-refractivity contribution in [3.63, 3.8) is 0 Å². The summed E-state index contributed by atoms with van der Waals surface area (Å²) in [5, 5.41) is 13.4. The molecule has 0 saturated carbocycles. The first-order valence-electron chi connectivity index (χ1n) is 8.41. The summed E-state index contributed by atoms with van der Waals surface area (Å²) in [4.78, 5) is 14.4. The van der Waals surface area contributed by atoms with Crippen LogP contribution < -0.4 is 15.0 Å². The fraction of sp³-hybridized carbons (Fsp3) is 0.200. The van der Waals surface area contributed by atoms with Crippen LogP contribution in [0, 0.1) is 13.8 Å². The van der Waals surface area contributed by atoms with Gasteiger partial charge in [-0.15, -0.1) is 0 Å². The summed E-state index contributed by atoms with van der Waals surface area (Å²) in [5.41, 5.74) is 3.75. The lowest BCUT2D eigenvalue weighted by Crippen LogP contribution is -2.30. The van der Waals surface area contributed by atoms with Crippen LogP contribution in [-0.4, -0.2) is 22.7 Å². The Hall–Kier alpha value is -2.57. The minimum absolute atomic E-state index is 0.126. The average molecular weight is 403 g/mol. The second kappa shape index (κ2) is 7.58. The first-order valence-corrected chi connectivity index (χ1v) is 9.19. The van der Waals surface area contributed by atoms with Crippen LogP contribution in [0.1, 0.15) is 23.6 Å². The number of ether oxygens (including phenoxy) is 1. The highest BCUT2D eigenvalue weighted by Crippen LogP contribution is 2.36. The van der Waals surface area contributed by atoms with Gasteiger partial charge in [-0.1, -0.05) is 17.7 Å². The molecule has 7 heteroatoms. The van der Waals surface area contributed by atoms with E-state index in [0.717, 1.165) is 16.8 Å². The first kappa shape index (κ1) is 19.2. The van der Waals surface area contributed by atoms with Crippen LogP contribution in [0.5, 0.6) is 11.5 Å². The van der Waals surface area contributed by atoms with Crippen LogP contribution in [0.25, 0.3) is 6.08 Å². The SMILES string of the molecule is CCOc1cc(/C=C2\NC(=S)N(c3cc(C)cc(C)c3)C2=O)cc(Cl)c1O. The topological polar surface area (TPSA) is 61.8 Å². The van der Waals surface area contributed by atoms with E-state index in [1.165, 1.54) is 4.90 Å². The van der Waals surface area contributed by atoms with Crippen molar-refractivity contribution in [3.05, 3.63) is 57.7 Å². The van der Waals surface area contributed by atoms with Crippen LogP contribution in [-0.2, 0) is 4.79 Å². The predicted octanol–water partition coefficient (Wildman–Crippen LogP) is 4.32. The molecule has 140 valence electrons. The van der Waals surface area contributed by atoms with Gasteiger partial charge in [-0.3, -0.25) is 9.69 Å². The van der Waals surface area contributed by atoms with Crippen LogP contribution in [0.2, 0.25) is 5.02 Å². The van der Waals surface area contributed by atoms with E-state index in [0.29, 0.717) is 23.0 Å². The van der Waals surface area contributed by atoms with Crippen LogP contribution in [0.3, 0.4) is 0 Å². The van der Waals surface area contributed by atoms with Gasteiger partial charge in [-0.25, -0.2) is 0 Å². The number of carbonyl (C=O) groups excluding carboxylic acids is 1. The lowest BCUT2D eigenvalue weighted by Gasteiger charge is -2.15. The van der Waals surface area contributed by atoms with Crippen molar-refractivity contribution in [1.82, 2.24) is 5.32 Å². The molecular formula is C20H19ClN2O3S. The van der Waals surface area contributed by atoms with E-state index in [-0.39, 0.29) is 22.4 Å². The molecular weight excluding hydrogens is 384 g/mol. The fourth-order valence-corrected chi connectivity index (χ4v) is 3.48. The number of halogens is 1. The zero-order chi connectivity index (χ0) is 19.7. The molecule has 1 aliphatic rings. The number of amides is 1. The number of phenols is 1. The molecule has 0 aromatic heterocycles. The molecule has 0 aliphatic carbocycles. The lowest BCUT2D eigenvalue weighted by atomic mass is 10.1. The van der Waals surface area contributed by atoms with Crippen LogP contribution >= 0.6 is 23.8 Å². The Labute approximate surface area is 168 Å². The lowest BCUT2D eigenvalue weighted by molar-refractivity contribution is -0.113. The van der Waals surface area contributed by atoms with Crippen molar-refractivity contribution in [1.29, 1.82) is 0 Å². The number of nitrogens with zero attached hydrogens (tertiary/aromatic N) is 1. The van der Waals surface area contributed by atoms with E-state index in [1.54, 1.807) is 25.1 Å². The zero-order valence-electron chi connectivity index (χ0n) is 15.2. The van der Waals surface area contributed by atoms with Crippen molar-refractivity contribution in [2.75, 3.05) is 11.5 Å². The quantitative estimate of drug-likeness (QED) is 0.589. The molecule has 1 fully saturated rings. The highest BCUT2D eigenvalue weighted by Gasteiger charge is 2.32. The largest absolute Gasteiger partial charge is 0.503 e. The maximum absolute atomic E-state index is 12.9. The number of anilines is 1. The highest BCUT2D eigenvalue weighted by atomic mass is 35.5. The highest BCUT2D eigenvalue weighted by molar-refractivity contribution is 7.80. The smallest absolute Gasteiger partial charge is 0.281 e. The standard InChI is InChI=1S/C20H19ClN2O3S/c1-4-26-17-10-13(8-15(21)18(17)24)9-16-19(25)23(20(27)22-16)14-6-11(2)5-12(3)7-14/h5-10,24H,4H2,1-3H3,(H,22,27)/b16-9-. The Bertz CT molecular complexity index is 952. The molecule has 1 heterocycles. The summed E-state index contributed by atoms with van der Waals surface area (Å²) in [6.07, 6.45) is 1.63. The van der Waals surface area contributed by atoms with Crippen molar-refractivity contribution in [2.45, 2.75) is 20.8 Å². The number of carbonyl (C=O) groups is 1. The van der Waals surface area contributed by atoms with Crippen molar-refractivity contribution in [3.8, 4) is 11.5 Å². The third-order valence-electron chi connectivity index (χ3n) is 4.00. The summed E-state index contributed by atoms with van der Waals surface area (Å²) in [5.74, 6) is -0.123. The number of hydrogen-bond acceptors (Lipinski definition) is 4. The van der Waals surface area contributed by atoms with E-state index in [4.69, 9.17) is 28.6 Å². The molecule has 0 bridgehead atoms. The minimum atomic E-state index is -0.257. The van der Waals surface area contributed by atoms with Gasteiger partial charge in [0.2, 0.25) is 0 Å². The predicted molar refractivity (Wildman–Crippen MR) is 111 cm³/mol. The second-order valence-corrected chi connectivity index (χ2v) is 7.05. The number of thiocarbonyl (C=S) groups is 1. The van der Waals surface area contributed by atoms with E-state index in [2.05, 4.69) is 5.32 Å². The van der Waals surface area contributed by atoms with E-state index in [9.17, 15) is 9.90 Å². The summed E-state index contributed by atoms with van der Waals surface area (Å²) in [6, 6.07) is 9.03. The third-order valence-corrected chi connectivity index (χ3v) is 4.58. The molecule has 0 spiro atoms. The summed E-state index contributed by atoms with van der Waals surface area (Å²) < 4.78 is 5.38. The molecule has 1 amide bonds. The number of phenolic OH excluding ortho intramolecular Hbond substituents is 1. The molecule has 1 aliphatic heterocycles. The van der Waals surface area contributed by atoms with Gasteiger partial charge in [0, 0.05) is 0 Å². The molecule has 0 atom stereocenters. The van der Waals surface area contributed by atoms with E-state index < -0.39 is 0 Å². The molecule has 3 rings (SSSR count). The molecule has 0 unspecified atom stereocenters. The molecule has 2 N–H and O–H groups in total. The Balaban J connectivity index is 1.97. The van der Waals surface area contributed by atoms with Gasteiger partial charge in [-0.05, 0) is 80.0 Å². The Morgan fingerprint density at radius 1 is 1.22 bits per heavy atom. The fourth-order valence-electron chi connectivity index (χ4n) is 2.96. The summed E-state index contributed by atoms with van der Waals surface area (Å²) in [6.45, 7) is 6.13. The van der Waals surface area contributed by atoms with Crippen LogP contribution in [0.15, 0.2) is 36.0 Å². The number of aryl methyl sites for hydroxylation is 2. The van der Waals surface area contributed by atoms with E-state index >= 15 is 0 Å². The molecule has 0 radical (unpaired) electrons. The van der Waals surface area contributed by atoms with Gasteiger partial charge in [0.05, 0.1) is 17.3 Å². The Morgan fingerprint density at radius 3 is 2.52 bits per heavy atom. The van der Waals surface area contributed by atoms with E-state index in [1.807, 2.05) is 32.0 Å². The second-order valence-electron chi connectivity index (χ2n) is 6.26. The van der Waals surface area contributed by atoms with Crippen LogP contribution in [0.4, 0.5) is 5.69 Å². The Morgan fingerprint density at radius 2 is 1.89 bits per heavy atom. The number of nitrogens with one attached hydrogen (secondary N) is 1. The number of aromatic hydroxyl groups is 1. The van der Waals surface area contributed by atoms with Crippen molar-refractivity contribution in [2.24, 2.45) is 0 Å². The zero-order valence-corrected chi connectivity index (χ0v) is 16.7. The monoisotopic (exact) mass is 402 g/mol. The number of hydrogen-bond donors (Lipinski definition) is 2. The first-order chi connectivity index (χ1) is 12.8. The summed E-state index contributed by atoms with van der Waals surface area (Å²) in [7, 11) is 0. The number of rotatable bonds is 4. The van der Waals surface area contributed by atoms with Crippen molar-refractivity contribution < 1.29 is 14.6 Å². The van der Waals surface area contributed by atoms with Gasteiger partial charge < -0.3 is 15.2 Å². The molecule has 1 saturated heterocycles. The third kappa shape index (κ3) is 3.91. The maximum atomic E-state index is 12.9. The normalized spacial score (nSPS) is 15.4. The van der Waals surface area contributed by atoms with Gasteiger partial charge in [0.15, 0.2) is 16.6 Å².